The van der Waals surface area contributed by atoms with Crippen molar-refractivity contribution in [2.24, 2.45) is 0 Å². The van der Waals surface area contributed by atoms with E-state index in [9.17, 15) is 0 Å². The topological polar surface area (TPSA) is 23.8 Å². The van der Waals surface area contributed by atoms with Crippen LogP contribution in [-0.2, 0) is 0 Å². The van der Waals surface area contributed by atoms with Gasteiger partial charge in [-0.15, -0.1) is 0 Å². The van der Waals surface area contributed by atoms with Gasteiger partial charge in [-0.25, -0.2) is 0 Å². The zero-order chi connectivity index (χ0) is 6.62. The van der Waals surface area contributed by atoms with Gasteiger partial charge in [-0.3, -0.25) is 0 Å². The van der Waals surface area contributed by atoms with Crippen LogP contribution < -0.4 is 0 Å². The molecule has 2 heteroatoms. The molecule has 0 aromatic heterocycles. The third kappa shape index (κ3) is 1.80. The molecule has 0 aliphatic heterocycles. The third-order valence-electron chi connectivity index (χ3n) is 1.83. The van der Waals surface area contributed by atoms with E-state index in [-0.39, 0.29) is 0 Å². The molecule has 0 aliphatic rings. The van der Waals surface area contributed by atoms with Crippen molar-refractivity contribution in [3.8, 4) is 5.81 Å². The predicted octanol–water partition coefficient (Wildman–Crippen LogP) is 1.89. The van der Waals surface area contributed by atoms with Crippen LogP contribution in [0.3, 0.4) is 0 Å². The average Bonchev–Trinajstić information content (AvgIpc) is 1.87. The van der Waals surface area contributed by atoms with Crippen LogP contribution in [0.2, 0.25) is 0 Å². The maximum absolute atomic E-state index is 8.60. The van der Waals surface area contributed by atoms with Crippen molar-refractivity contribution >= 4 is 7.26 Å². The van der Waals surface area contributed by atoms with Crippen LogP contribution in [0, 0.1) is 11.1 Å². The fourth-order valence-corrected chi connectivity index (χ4v) is 1.22. The number of nitrogens with zero attached hydrogens (tertiary/aromatic N) is 1. The van der Waals surface area contributed by atoms with E-state index in [4.69, 9.17) is 5.26 Å². The van der Waals surface area contributed by atoms with Gasteiger partial charge in [0, 0.05) is 0 Å². The molecular weight excluding hydrogens is 117 g/mol. The summed E-state index contributed by atoms with van der Waals surface area (Å²) in [5.74, 6) is 2.42. The molecule has 0 spiro atoms. The summed E-state index contributed by atoms with van der Waals surface area (Å²) in [6.45, 7) is 6.35. The Hall–Kier alpha value is -0.0800. The summed E-state index contributed by atoms with van der Waals surface area (Å²) in [5, 5.41) is 8.60. The summed E-state index contributed by atoms with van der Waals surface area (Å²) in [4.78, 5) is 0. The molecule has 0 aromatic carbocycles. The standard InChI is InChI=1S/C6H14NP/c1-4-8(3,5-2)6-7/h8H,4-5H2,1-3H3. The molecule has 0 rings (SSSR count). The van der Waals surface area contributed by atoms with Crippen LogP contribution in [0.4, 0.5) is 0 Å². The first kappa shape index (κ1) is 7.92. The predicted molar refractivity (Wildman–Crippen MR) is 40.9 cm³/mol. The summed E-state index contributed by atoms with van der Waals surface area (Å²) in [6.07, 6.45) is 2.19. The Morgan fingerprint density at radius 1 is 1.38 bits per heavy atom. The van der Waals surface area contributed by atoms with Crippen LogP contribution in [0.5, 0.6) is 0 Å². The van der Waals surface area contributed by atoms with E-state index >= 15 is 0 Å². The van der Waals surface area contributed by atoms with Gasteiger partial charge in [-0.1, -0.05) is 0 Å². The number of hydrogen-bond donors (Lipinski definition) is 0. The number of hydrogen-bond acceptors (Lipinski definition) is 1. The first-order valence-corrected chi connectivity index (χ1v) is 6.01. The molecule has 0 radical (unpaired) electrons. The molecule has 0 saturated heterocycles. The van der Waals surface area contributed by atoms with Gasteiger partial charge < -0.3 is 0 Å². The molecule has 8 heavy (non-hydrogen) atoms. The minimum absolute atomic E-state index is 1.10. The fraction of sp³-hybridized carbons (Fsp3) is 0.833. The van der Waals surface area contributed by atoms with Crippen LogP contribution in [0.25, 0.3) is 0 Å². The second-order valence-electron chi connectivity index (χ2n) is 2.38. The van der Waals surface area contributed by atoms with Crippen molar-refractivity contribution in [3.05, 3.63) is 0 Å². The van der Waals surface area contributed by atoms with E-state index in [1.807, 2.05) is 0 Å². The van der Waals surface area contributed by atoms with E-state index in [0.29, 0.717) is 0 Å². The van der Waals surface area contributed by atoms with Crippen molar-refractivity contribution in [1.82, 2.24) is 0 Å². The monoisotopic (exact) mass is 131 g/mol. The molecule has 0 bridgehead atoms. The zero-order valence-electron chi connectivity index (χ0n) is 5.86. The minimum atomic E-state index is -1.37. The Bertz CT molecular complexity index is 99.6. The Morgan fingerprint density at radius 3 is 1.75 bits per heavy atom. The van der Waals surface area contributed by atoms with Gasteiger partial charge in [0.15, 0.2) is 0 Å². The fourth-order valence-electron chi connectivity index (χ4n) is 0.408. The molecular formula is C6H14NP. The average molecular weight is 131 g/mol. The van der Waals surface area contributed by atoms with Crippen molar-refractivity contribution in [2.45, 2.75) is 13.8 Å². The Balaban J connectivity index is 3.83. The Morgan fingerprint density at radius 2 is 1.75 bits per heavy atom. The molecule has 0 amide bonds. The van der Waals surface area contributed by atoms with Crippen molar-refractivity contribution < 1.29 is 0 Å². The second kappa shape index (κ2) is 3.05. The molecule has 48 valence electrons. The molecule has 0 aliphatic carbocycles. The number of nitriles is 1. The summed E-state index contributed by atoms with van der Waals surface area (Å²) >= 11 is 0. The molecule has 0 unspecified atom stereocenters. The van der Waals surface area contributed by atoms with Crippen LogP contribution >= 0.6 is 7.26 Å². The number of rotatable bonds is 2. The first-order valence-electron chi connectivity index (χ1n) is 3.09. The van der Waals surface area contributed by atoms with Crippen LogP contribution in [0.15, 0.2) is 0 Å². The molecule has 0 atom stereocenters. The maximum atomic E-state index is 8.60. The quantitative estimate of drug-likeness (QED) is 0.525. The van der Waals surface area contributed by atoms with E-state index in [1.54, 1.807) is 0 Å². The third-order valence-corrected chi connectivity index (χ3v) is 5.49. The Kier molecular flexibility index (Phi) is 3.02. The molecule has 0 heterocycles. The summed E-state index contributed by atoms with van der Waals surface area (Å²) in [6, 6.07) is 0. The van der Waals surface area contributed by atoms with E-state index in [0.717, 1.165) is 12.3 Å². The van der Waals surface area contributed by atoms with E-state index < -0.39 is 7.26 Å². The van der Waals surface area contributed by atoms with Gasteiger partial charge in [0.05, 0.1) is 0 Å². The summed E-state index contributed by atoms with van der Waals surface area (Å²) < 4.78 is 0. The summed E-state index contributed by atoms with van der Waals surface area (Å²) in [5.41, 5.74) is 0. The van der Waals surface area contributed by atoms with Crippen molar-refractivity contribution in [3.63, 3.8) is 0 Å². The van der Waals surface area contributed by atoms with Gasteiger partial charge in [0.1, 0.15) is 0 Å². The molecule has 0 fully saturated rings. The van der Waals surface area contributed by atoms with Gasteiger partial charge in [0.25, 0.3) is 0 Å². The molecule has 1 nitrogen and oxygen atoms in total. The van der Waals surface area contributed by atoms with Gasteiger partial charge in [-0.05, 0) is 0 Å². The van der Waals surface area contributed by atoms with Crippen molar-refractivity contribution in [1.29, 1.82) is 5.26 Å². The second-order valence-corrected chi connectivity index (χ2v) is 7.14. The van der Waals surface area contributed by atoms with Gasteiger partial charge in [0.2, 0.25) is 0 Å². The molecule has 0 N–H and O–H groups in total. The van der Waals surface area contributed by atoms with Crippen molar-refractivity contribution in [2.75, 3.05) is 19.0 Å². The van der Waals surface area contributed by atoms with E-state index in [2.05, 4.69) is 26.3 Å². The molecule has 0 saturated carbocycles. The van der Waals surface area contributed by atoms with Gasteiger partial charge in [-0.2, -0.15) is 0 Å². The Labute approximate surface area is 52.0 Å². The summed E-state index contributed by atoms with van der Waals surface area (Å²) in [7, 11) is -1.37. The first-order chi connectivity index (χ1) is 3.68. The normalized spacial score (nSPS) is 12.8. The van der Waals surface area contributed by atoms with Gasteiger partial charge >= 0.3 is 51.2 Å². The van der Waals surface area contributed by atoms with E-state index in [1.165, 1.54) is 0 Å². The SMILES string of the molecule is CC[PH](C)(C#N)CC. The van der Waals surface area contributed by atoms with Crippen LogP contribution in [0.1, 0.15) is 13.8 Å². The zero-order valence-corrected chi connectivity index (χ0v) is 6.86. The van der Waals surface area contributed by atoms with Crippen LogP contribution in [-0.4, -0.2) is 19.0 Å². The molecule has 0 aromatic rings.